The van der Waals surface area contributed by atoms with Gasteiger partial charge in [0, 0.05) is 35.9 Å². The average molecular weight is 382 g/mol. The first-order valence-electron chi connectivity index (χ1n) is 8.29. The van der Waals surface area contributed by atoms with Crippen molar-refractivity contribution in [1.29, 1.82) is 0 Å². The largest absolute Gasteiger partial charge is 0.316 e. The predicted molar refractivity (Wildman–Crippen MR) is 99.7 cm³/mol. The predicted octanol–water partition coefficient (Wildman–Crippen LogP) is 2.51. The number of nitrogens with zero attached hydrogens (tertiary/aromatic N) is 4. The highest BCUT2D eigenvalue weighted by molar-refractivity contribution is 7.88. The van der Waals surface area contributed by atoms with E-state index in [0.29, 0.717) is 18.9 Å². The smallest absolute Gasteiger partial charge is 0.211 e. The fourth-order valence-corrected chi connectivity index (χ4v) is 4.72. The van der Waals surface area contributed by atoms with E-state index in [2.05, 4.69) is 20.3 Å². The van der Waals surface area contributed by atoms with Gasteiger partial charge in [0.25, 0.3) is 0 Å². The molecule has 2 aromatic rings. The molecule has 25 heavy (non-hydrogen) atoms. The second kappa shape index (κ2) is 7.35. The van der Waals surface area contributed by atoms with Crippen LogP contribution >= 0.6 is 11.3 Å². The van der Waals surface area contributed by atoms with Gasteiger partial charge in [0.2, 0.25) is 10.0 Å². The zero-order valence-corrected chi connectivity index (χ0v) is 16.3. The zero-order valence-electron chi connectivity index (χ0n) is 14.7. The van der Waals surface area contributed by atoms with Gasteiger partial charge in [-0.3, -0.25) is 0 Å². The molecule has 1 aliphatic rings. The van der Waals surface area contributed by atoms with Crippen molar-refractivity contribution in [2.45, 2.75) is 33.1 Å². The van der Waals surface area contributed by atoms with Crippen molar-refractivity contribution >= 4 is 32.3 Å². The Hall–Kier alpha value is -1.58. The van der Waals surface area contributed by atoms with Crippen LogP contribution in [0.15, 0.2) is 12.3 Å². The molecule has 3 heterocycles. The summed E-state index contributed by atoms with van der Waals surface area (Å²) in [5.74, 6) is 1.71. The molecule has 1 N–H and O–H groups in total. The first-order chi connectivity index (χ1) is 11.8. The summed E-state index contributed by atoms with van der Waals surface area (Å²) in [5, 5.41) is 4.03. The van der Waals surface area contributed by atoms with Crippen LogP contribution in [-0.4, -0.2) is 47.0 Å². The molecule has 1 aliphatic heterocycles. The molecule has 1 unspecified atom stereocenters. The van der Waals surface area contributed by atoms with Crippen LogP contribution in [0.5, 0.6) is 0 Å². The van der Waals surface area contributed by atoms with Crippen LogP contribution < -0.4 is 5.32 Å². The second-order valence-corrected chi connectivity index (χ2v) is 9.74. The molecule has 1 fully saturated rings. The summed E-state index contributed by atoms with van der Waals surface area (Å²) in [7, 11) is -3.12. The summed E-state index contributed by atoms with van der Waals surface area (Å²) in [4.78, 5) is 14.4. The summed E-state index contributed by atoms with van der Waals surface area (Å²) >= 11 is 1.58. The van der Waals surface area contributed by atoms with E-state index in [0.717, 1.165) is 40.8 Å². The number of hydrogen-bond acceptors (Lipinski definition) is 7. The highest BCUT2D eigenvalue weighted by Gasteiger charge is 2.26. The van der Waals surface area contributed by atoms with Gasteiger partial charge in [0.1, 0.15) is 11.6 Å². The first kappa shape index (κ1) is 18.2. The topological polar surface area (TPSA) is 88.1 Å². The summed E-state index contributed by atoms with van der Waals surface area (Å²) in [6.45, 7) is 5.06. The van der Waals surface area contributed by atoms with E-state index in [1.165, 1.54) is 6.26 Å². The number of anilines is 2. The Bertz CT molecular complexity index is 850. The number of thiazole rings is 1. The molecule has 0 amide bonds. The monoisotopic (exact) mass is 381 g/mol. The van der Waals surface area contributed by atoms with E-state index in [1.807, 2.05) is 26.1 Å². The van der Waals surface area contributed by atoms with E-state index >= 15 is 0 Å². The Morgan fingerprint density at radius 1 is 1.36 bits per heavy atom. The Morgan fingerprint density at radius 2 is 2.16 bits per heavy atom. The van der Waals surface area contributed by atoms with Gasteiger partial charge < -0.3 is 5.32 Å². The summed E-state index contributed by atoms with van der Waals surface area (Å²) < 4.78 is 25.1. The molecule has 9 heteroatoms. The first-order valence-corrected chi connectivity index (χ1v) is 11.0. The minimum absolute atomic E-state index is 0.285. The molecule has 7 nitrogen and oxygen atoms in total. The van der Waals surface area contributed by atoms with E-state index in [9.17, 15) is 8.42 Å². The Kier molecular flexibility index (Phi) is 5.35. The van der Waals surface area contributed by atoms with Crippen LogP contribution in [0.4, 0.5) is 10.9 Å². The molecular weight excluding hydrogens is 358 g/mol. The number of hydrogen-bond donors (Lipinski definition) is 1. The van der Waals surface area contributed by atoms with Gasteiger partial charge in [-0.25, -0.2) is 27.7 Å². The van der Waals surface area contributed by atoms with E-state index in [-0.39, 0.29) is 5.92 Å². The van der Waals surface area contributed by atoms with E-state index in [4.69, 9.17) is 0 Å². The number of rotatable bonds is 5. The molecule has 0 aromatic carbocycles. The number of piperidine rings is 1. The maximum absolute atomic E-state index is 11.8. The third-order valence-corrected chi connectivity index (χ3v) is 6.29. The van der Waals surface area contributed by atoms with Crippen molar-refractivity contribution in [2.24, 2.45) is 5.92 Å². The molecule has 1 atom stereocenters. The van der Waals surface area contributed by atoms with Gasteiger partial charge in [0.15, 0.2) is 5.13 Å². The van der Waals surface area contributed by atoms with Crippen molar-refractivity contribution in [3.05, 3.63) is 28.7 Å². The van der Waals surface area contributed by atoms with Gasteiger partial charge in [0.05, 0.1) is 6.26 Å². The van der Waals surface area contributed by atoms with Crippen LogP contribution in [0, 0.1) is 19.8 Å². The van der Waals surface area contributed by atoms with Gasteiger partial charge in [-0.2, -0.15) is 0 Å². The standard InChI is InChI=1S/C16H23N5O2S2/c1-11-9-17-16(24-11)20-15-8-14(18-12(2)19-15)7-13-5-4-6-21(10-13)25(3,22)23/h8-9,13H,4-7,10H2,1-3H3,(H,17,18,19,20). The van der Waals surface area contributed by atoms with Crippen molar-refractivity contribution < 1.29 is 8.42 Å². The molecule has 0 saturated carbocycles. The lowest BCUT2D eigenvalue weighted by molar-refractivity contribution is 0.265. The lowest BCUT2D eigenvalue weighted by Crippen LogP contribution is -2.39. The molecule has 136 valence electrons. The van der Waals surface area contributed by atoms with Crippen LogP contribution in [0.25, 0.3) is 0 Å². The normalized spacial score (nSPS) is 19.1. The maximum atomic E-state index is 11.8. The fourth-order valence-electron chi connectivity index (χ4n) is 3.11. The minimum Gasteiger partial charge on any atom is -0.316 e. The Labute approximate surface area is 152 Å². The van der Waals surface area contributed by atoms with Crippen molar-refractivity contribution in [2.75, 3.05) is 24.7 Å². The van der Waals surface area contributed by atoms with E-state index in [1.54, 1.807) is 15.6 Å². The summed E-state index contributed by atoms with van der Waals surface area (Å²) in [5.41, 5.74) is 0.934. The van der Waals surface area contributed by atoms with Crippen LogP contribution in [0.2, 0.25) is 0 Å². The number of sulfonamides is 1. The van der Waals surface area contributed by atoms with Crippen molar-refractivity contribution in [1.82, 2.24) is 19.3 Å². The van der Waals surface area contributed by atoms with Gasteiger partial charge in [-0.05, 0) is 39.0 Å². The van der Waals surface area contributed by atoms with Gasteiger partial charge >= 0.3 is 0 Å². The van der Waals surface area contributed by atoms with Crippen molar-refractivity contribution in [3.63, 3.8) is 0 Å². The third kappa shape index (κ3) is 4.96. The quantitative estimate of drug-likeness (QED) is 0.856. The SMILES string of the molecule is Cc1nc(CC2CCCN(S(C)(=O)=O)C2)cc(Nc2ncc(C)s2)n1. The Balaban J connectivity index is 1.72. The second-order valence-electron chi connectivity index (χ2n) is 6.53. The molecule has 1 saturated heterocycles. The zero-order chi connectivity index (χ0) is 18.0. The fraction of sp³-hybridized carbons (Fsp3) is 0.562. The number of aryl methyl sites for hydroxylation is 2. The highest BCUT2D eigenvalue weighted by Crippen LogP contribution is 2.24. The molecule has 3 rings (SSSR count). The van der Waals surface area contributed by atoms with Crippen LogP contribution in [0.1, 0.15) is 29.2 Å². The minimum atomic E-state index is -3.12. The molecule has 0 aliphatic carbocycles. The molecule has 0 spiro atoms. The van der Waals surface area contributed by atoms with Gasteiger partial charge in [-0.15, -0.1) is 11.3 Å². The summed E-state index contributed by atoms with van der Waals surface area (Å²) in [6.07, 6.45) is 5.77. The molecule has 2 aromatic heterocycles. The number of aromatic nitrogens is 3. The lowest BCUT2D eigenvalue weighted by atomic mass is 9.94. The van der Waals surface area contributed by atoms with Crippen LogP contribution in [0.3, 0.4) is 0 Å². The Morgan fingerprint density at radius 3 is 2.84 bits per heavy atom. The van der Waals surface area contributed by atoms with Crippen molar-refractivity contribution in [3.8, 4) is 0 Å². The van der Waals surface area contributed by atoms with E-state index < -0.39 is 10.0 Å². The molecular formula is C16H23N5O2S2. The molecule has 0 radical (unpaired) electrons. The number of nitrogens with one attached hydrogen (secondary N) is 1. The van der Waals surface area contributed by atoms with Crippen LogP contribution in [-0.2, 0) is 16.4 Å². The van der Waals surface area contributed by atoms with Gasteiger partial charge in [-0.1, -0.05) is 0 Å². The lowest BCUT2D eigenvalue weighted by Gasteiger charge is -2.30. The maximum Gasteiger partial charge on any atom is 0.211 e. The summed E-state index contributed by atoms with van der Waals surface area (Å²) in [6, 6.07) is 1.93. The highest BCUT2D eigenvalue weighted by atomic mass is 32.2. The molecule has 0 bridgehead atoms. The average Bonchev–Trinajstić information content (AvgIpc) is 2.91. The third-order valence-electron chi connectivity index (χ3n) is 4.20.